The molecule has 0 aromatic heterocycles. The van der Waals surface area contributed by atoms with E-state index in [1.807, 2.05) is 0 Å². The van der Waals surface area contributed by atoms with E-state index in [2.05, 4.69) is 0 Å². The van der Waals surface area contributed by atoms with Crippen molar-refractivity contribution in [3.8, 4) is 5.75 Å². The molecule has 0 aliphatic heterocycles. The van der Waals surface area contributed by atoms with Crippen LogP contribution in [-0.2, 0) is 4.79 Å². The zero-order chi connectivity index (χ0) is 10.9. The summed E-state index contributed by atoms with van der Waals surface area (Å²) >= 11 is 0. The number of ketones is 1. The standard InChI is InChI=1S/C10H10O4/c1-5-6(2)8(11)4-3-7(5)9(12)10(13)14/h3-4,11H,1-2H3,(H,13,14). The lowest BCUT2D eigenvalue weighted by Gasteiger charge is -2.06. The van der Waals surface area contributed by atoms with Crippen molar-refractivity contribution >= 4 is 11.8 Å². The molecule has 0 spiro atoms. The van der Waals surface area contributed by atoms with Gasteiger partial charge in [-0.25, -0.2) is 4.79 Å². The summed E-state index contributed by atoms with van der Waals surface area (Å²) in [6.07, 6.45) is 0. The smallest absolute Gasteiger partial charge is 0.377 e. The minimum absolute atomic E-state index is 0.0597. The van der Waals surface area contributed by atoms with Gasteiger partial charge in [-0.2, -0.15) is 0 Å². The van der Waals surface area contributed by atoms with E-state index in [1.54, 1.807) is 13.8 Å². The Morgan fingerprint density at radius 1 is 1.14 bits per heavy atom. The van der Waals surface area contributed by atoms with Gasteiger partial charge in [0.05, 0.1) is 0 Å². The number of phenols is 1. The number of carboxylic acid groups (broad SMARTS) is 1. The van der Waals surface area contributed by atoms with Gasteiger partial charge in [-0.1, -0.05) is 0 Å². The van der Waals surface area contributed by atoms with Crippen molar-refractivity contribution in [2.45, 2.75) is 13.8 Å². The number of carboxylic acids is 1. The molecular weight excluding hydrogens is 184 g/mol. The lowest BCUT2D eigenvalue weighted by molar-refractivity contribution is -0.131. The van der Waals surface area contributed by atoms with Crippen molar-refractivity contribution in [2.75, 3.05) is 0 Å². The van der Waals surface area contributed by atoms with E-state index in [-0.39, 0.29) is 11.3 Å². The molecular formula is C10H10O4. The third-order valence-corrected chi connectivity index (χ3v) is 2.20. The molecule has 14 heavy (non-hydrogen) atoms. The van der Waals surface area contributed by atoms with E-state index in [0.29, 0.717) is 11.1 Å². The highest BCUT2D eigenvalue weighted by Gasteiger charge is 2.18. The molecule has 0 aliphatic carbocycles. The molecule has 0 bridgehead atoms. The summed E-state index contributed by atoms with van der Waals surface area (Å²) < 4.78 is 0. The van der Waals surface area contributed by atoms with Gasteiger partial charge in [-0.3, -0.25) is 4.79 Å². The van der Waals surface area contributed by atoms with Crippen LogP contribution >= 0.6 is 0 Å². The SMILES string of the molecule is Cc1c(O)ccc(C(=O)C(=O)O)c1C. The van der Waals surface area contributed by atoms with E-state index >= 15 is 0 Å². The Hall–Kier alpha value is -1.84. The van der Waals surface area contributed by atoms with Gasteiger partial charge in [-0.15, -0.1) is 0 Å². The summed E-state index contributed by atoms with van der Waals surface area (Å²) in [5.41, 5.74) is 1.14. The Morgan fingerprint density at radius 3 is 2.21 bits per heavy atom. The molecule has 0 heterocycles. The van der Waals surface area contributed by atoms with E-state index in [9.17, 15) is 14.7 Å². The fourth-order valence-electron chi connectivity index (χ4n) is 1.17. The van der Waals surface area contributed by atoms with Crippen LogP contribution in [0, 0.1) is 13.8 Å². The van der Waals surface area contributed by atoms with Crippen molar-refractivity contribution in [2.24, 2.45) is 0 Å². The number of phenolic OH excluding ortho intramolecular Hbond substituents is 1. The lowest BCUT2D eigenvalue weighted by Crippen LogP contribution is -2.14. The van der Waals surface area contributed by atoms with Crippen LogP contribution in [0.4, 0.5) is 0 Å². The first-order chi connectivity index (χ1) is 6.45. The first-order valence-corrected chi connectivity index (χ1v) is 4.02. The fourth-order valence-corrected chi connectivity index (χ4v) is 1.17. The second-order valence-electron chi connectivity index (χ2n) is 3.02. The molecule has 0 saturated carbocycles. The van der Waals surface area contributed by atoms with E-state index < -0.39 is 11.8 Å². The van der Waals surface area contributed by atoms with Crippen LogP contribution in [0.25, 0.3) is 0 Å². The molecule has 1 aromatic carbocycles. The van der Waals surface area contributed by atoms with Crippen LogP contribution in [-0.4, -0.2) is 22.0 Å². The van der Waals surface area contributed by atoms with Gasteiger partial charge < -0.3 is 10.2 Å². The third-order valence-electron chi connectivity index (χ3n) is 2.20. The Morgan fingerprint density at radius 2 is 1.71 bits per heavy atom. The number of Topliss-reactive ketones (excluding diaryl/α,β-unsaturated/α-hetero) is 1. The number of hydrogen-bond donors (Lipinski definition) is 2. The van der Waals surface area contributed by atoms with Crippen LogP contribution in [0.15, 0.2) is 12.1 Å². The normalized spacial score (nSPS) is 9.86. The molecule has 1 rings (SSSR count). The van der Waals surface area contributed by atoms with Gasteiger partial charge in [0.25, 0.3) is 5.78 Å². The number of hydrogen-bond acceptors (Lipinski definition) is 3. The molecule has 0 amide bonds. The first kappa shape index (κ1) is 10.2. The van der Waals surface area contributed by atoms with E-state index in [4.69, 9.17) is 5.11 Å². The third kappa shape index (κ3) is 1.59. The number of carbonyl (C=O) groups is 2. The molecule has 2 N–H and O–H groups in total. The zero-order valence-electron chi connectivity index (χ0n) is 7.87. The number of benzene rings is 1. The Balaban J connectivity index is 3.31. The van der Waals surface area contributed by atoms with E-state index in [0.717, 1.165) is 0 Å². The highest BCUT2D eigenvalue weighted by atomic mass is 16.4. The Bertz CT molecular complexity index is 407. The maximum Gasteiger partial charge on any atom is 0.377 e. The van der Waals surface area contributed by atoms with Gasteiger partial charge >= 0.3 is 5.97 Å². The Kier molecular flexibility index (Phi) is 2.56. The molecule has 4 nitrogen and oxygen atoms in total. The van der Waals surface area contributed by atoms with Crippen LogP contribution < -0.4 is 0 Å². The summed E-state index contributed by atoms with van der Waals surface area (Å²) in [4.78, 5) is 21.6. The molecule has 4 heteroatoms. The summed E-state index contributed by atoms with van der Waals surface area (Å²) in [5, 5.41) is 17.8. The quantitative estimate of drug-likeness (QED) is 0.549. The van der Waals surface area contributed by atoms with Gasteiger partial charge in [0.1, 0.15) is 5.75 Å². The van der Waals surface area contributed by atoms with Crippen molar-refractivity contribution in [1.29, 1.82) is 0 Å². The number of aromatic hydroxyl groups is 1. The molecule has 74 valence electrons. The predicted molar refractivity (Wildman–Crippen MR) is 49.5 cm³/mol. The maximum absolute atomic E-state index is 11.1. The van der Waals surface area contributed by atoms with Gasteiger partial charge in [0.2, 0.25) is 0 Å². The van der Waals surface area contributed by atoms with Crippen molar-refractivity contribution in [3.63, 3.8) is 0 Å². The van der Waals surface area contributed by atoms with Crippen molar-refractivity contribution in [1.82, 2.24) is 0 Å². The topological polar surface area (TPSA) is 74.6 Å². The second kappa shape index (κ2) is 3.49. The highest BCUT2D eigenvalue weighted by Crippen LogP contribution is 2.22. The summed E-state index contributed by atoms with van der Waals surface area (Å²) in [7, 11) is 0. The lowest BCUT2D eigenvalue weighted by atomic mass is 9.99. The first-order valence-electron chi connectivity index (χ1n) is 4.02. The minimum atomic E-state index is -1.49. The van der Waals surface area contributed by atoms with E-state index in [1.165, 1.54) is 12.1 Å². The van der Waals surface area contributed by atoms with Crippen LogP contribution in [0.1, 0.15) is 21.5 Å². The Labute approximate surface area is 80.8 Å². The number of aliphatic carboxylic acids is 1. The van der Waals surface area contributed by atoms with Crippen molar-refractivity contribution < 1.29 is 19.8 Å². The largest absolute Gasteiger partial charge is 0.508 e. The average molecular weight is 194 g/mol. The zero-order valence-corrected chi connectivity index (χ0v) is 7.87. The summed E-state index contributed by atoms with van der Waals surface area (Å²) in [6, 6.07) is 2.63. The van der Waals surface area contributed by atoms with Crippen molar-refractivity contribution in [3.05, 3.63) is 28.8 Å². The molecule has 0 fully saturated rings. The molecule has 0 unspecified atom stereocenters. The average Bonchev–Trinajstić information content (AvgIpc) is 2.13. The number of rotatable bonds is 2. The number of carbonyl (C=O) groups excluding carboxylic acids is 1. The highest BCUT2D eigenvalue weighted by molar-refractivity contribution is 6.40. The molecule has 0 radical (unpaired) electrons. The minimum Gasteiger partial charge on any atom is -0.508 e. The maximum atomic E-state index is 11.1. The summed E-state index contributed by atoms with van der Waals surface area (Å²) in [5.74, 6) is -2.38. The molecule has 0 atom stereocenters. The van der Waals surface area contributed by atoms with Gasteiger partial charge in [0, 0.05) is 5.56 Å². The van der Waals surface area contributed by atoms with Crippen LogP contribution in [0.3, 0.4) is 0 Å². The van der Waals surface area contributed by atoms with Crippen LogP contribution in [0.2, 0.25) is 0 Å². The van der Waals surface area contributed by atoms with Crippen LogP contribution in [0.5, 0.6) is 5.75 Å². The molecule has 0 saturated heterocycles. The summed E-state index contributed by atoms with van der Waals surface area (Å²) in [6.45, 7) is 3.23. The fraction of sp³-hybridized carbons (Fsp3) is 0.200. The van der Waals surface area contributed by atoms with Gasteiger partial charge in [-0.05, 0) is 37.1 Å². The predicted octanol–water partition coefficient (Wildman–Crippen LogP) is 1.28. The molecule has 1 aromatic rings. The molecule has 0 aliphatic rings. The monoisotopic (exact) mass is 194 g/mol. The second-order valence-corrected chi connectivity index (χ2v) is 3.02. The van der Waals surface area contributed by atoms with Gasteiger partial charge in [0.15, 0.2) is 0 Å².